The van der Waals surface area contributed by atoms with Gasteiger partial charge in [0.05, 0.1) is 5.56 Å². The van der Waals surface area contributed by atoms with Crippen molar-refractivity contribution in [2.75, 3.05) is 0 Å². The van der Waals surface area contributed by atoms with Gasteiger partial charge in [0, 0.05) is 0 Å². The summed E-state index contributed by atoms with van der Waals surface area (Å²) in [7, 11) is 0. The molecule has 3 N–H and O–H groups in total. The van der Waals surface area contributed by atoms with E-state index < -0.39 is 23.8 Å². The first-order chi connectivity index (χ1) is 10.3. The minimum absolute atomic E-state index is 0.157. The van der Waals surface area contributed by atoms with Crippen LogP contribution < -0.4 is 5.73 Å². The molecule has 1 atom stereocenters. The first-order valence-electron chi connectivity index (χ1n) is 6.52. The summed E-state index contributed by atoms with van der Waals surface area (Å²) in [4.78, 5) is 10.8. The molecule has 0 spiro atoms. The molecule has 116 valence electrons. The number of carboxylic acids is 1. The zero-order valence-corrected chi connectivity index (χ0v) is 11.5. The maximum Gasteiger partial charge on any atom is 0.416 e. The molecule has 0 bridgehead atoms. The average Bonchev–Trinajstić information content (AvgIpc) is 2.46. The molecule has 3 nitrogen and oxygen atoms in total. The standard InChI is InChI=1S/C16H14F3NO2/c17-16(18,19)13-6-4-11(5-7-13)12-3-1-2-10(8-12)9-14(20)15(21)22/h1-8,14H,9,20H2,(H,21,22). The Labute approximate surface area is 125 Å². The summed E-state index contributed by atoms with van der Waals surface area (Å²) >= 11 is 0. The van der Waals surface area contributed by atoms with Crippen molar-refractivity contribution in [3.05, 3.63) is 59.7 Å². The van der Waals surface area contributed by atoms with Gasteiger partial charge in [0.25, 0.3) is 0 Å². The molecule has 0 aliphatic rings. The van der Waals surface area contributed by atoms with Gasteiger partial charge < -0.3 is 10.8 Å². The largest absolute Gasteiger partial charge is 0.480 e. The Kier molecular flexibility index (Phi) is 4.51. The van der Waals surface area contributed by atoms with Crippen LogP contribution in [0.5, 0.6) is 0 Å². The number of nitrogens with two attached hydrogens (primary N) is 1. The zero-order chi connectivity index (χ0) is 16.3. The lowest BCUT2D eigenvalue weighted by molar-refractivity contribution is -0.139. The molecule has 1 unspecified atom stereocenters. The Hall–Kier alpha value is -2.34. The van der Waals surface area contributed by atoms with Crippen LogP contribution in [0.2, 0.25) is 0 Å². The monoisotopic (exact) mass is 309 g/mol. The van der Waals surface area contributed by atoms with E-state index in [1.807, 2.05) is 0 Å². The number of hydrogen-bond donors (Lipinski definition) is 2. The van der Waals surface area contributed by atoms with Crippen molar-refractivity contribution in [3.63, 3.8) is 0 Å². The van der Waals surface area contributed by atoms with Crippen molar-refractivity contribution < 1.29 is 23.1 Å². The Bertz CT molecular complexity index is 666. The summed E-state index contributed by atoms with van der Waals surface area (Å²) in [6, 6.07) is 10.7. The molecule has 0 aliphatic heterocycles. The molecular weight excluding hydrogens is 295 g/mol. The van der Waals surface area contributed by atoms with E-state index in [9.17, 15) is 18.0 Å². The summed E-state index contributed by atoms with van der Waals surface area (Å²) in [6.45, 7) is 0. The van der Waals surface area contributed by atoms with Crippen LogP contribution in [0.25, 0.3) is 11.1 Å². The maximum absolute atomic E-state index is 12.5. The number of hydrogen-bond acceptors (Lipinski definition) is 2. The van der Waals surface area contributed by atoms with Crippen LogP contribution in [0.4, 0.5) is 13.2 Å². The predicted molar refractivity (Wildman–Crippen MR) is 76.2 cm³/mol. The van der Waals surface area contributed by atoms with Crippen LogP contribution in [0.1, 0.15) is 11.1 Å². The highest BCUT2D eigenvalue weighted by atomic mass is 19.4. The van der Waals surface area contributed by atoms with Crippen LogP contribution in [-0.2, 0) is 17.4 Å². The molecule has 0 heterocycles. The minimum atomic E-state index is -4.37. The molecule has 0 radical (unpaired) electrons. The highest BCUT2D eigenvalue weighted by Crippen LogP contribution is 2.31. The fourth-order valence-electron chi connectivity index (χ4n) is 2.07. The van der Waals surface area contributed by atoms with E-state index in [4.69, 9.17) is 10.8 Å². The fourth-order valence-corrected chi connectivity index (χ4v) is 2.07. The van der Waals surface area contributed by atoms with Gasteiger partial charge in [-0.05, 0) is 35.2 Å². The third-order valence-corrected chi connectivity index (χ3v) is 3.25. The van der Waals surface area contributed by atoms with Crippen LogP contribution in [0.3, 0.4) is 0 Å². The van der Waals surface area contributed by atoms with Gasteiger partial charge in [-0.2, -0.15) is 13.2 Å². The average molecular weight is 309 g/mol. The summed E-state index contributed by atoms with van der Waals surface area (Å²) in [5, 5.41) is 8.80. The Balaban J connectivity index is 2.24. The molecule has 0 aliphatic carbocycles. The van der Waals surface area contributed by atoms with E-state index in [1.165, 1.54) is 12.1 Å². The minimum Gasteiger partial charge on any atom is -0.480 e. The number of carbonyl (C=O) groups is 1. The third-order valence-electron chi connectivity index (χ3n) is 3.25. The van der Waals surface area contributed by atoms with Crippen LogP contribution in [0.15, 0.2) is 48.5 Å². The lowest BCUT2D eigenvalue weighted by atomic mass is 9.99. The van der Waals surface area contributed by atoms with Crippen LogP contribution in [-0.4, -0.2) is 17.1 Å². The normalized spacial score (nSPS) is 12.9. The molecular formula is C16H14F3NO2. The molecule has 2 rings (SSSR count). The van der Waals surface area contributed by atoms with E-state index >= 15 is 0 Å². The first kappa shape index (κ1) is 16.0. The van der Waals surface area contributed by atoms with E-state index in [0.717, 1.165) is 12.1 Å². The second-order valence-corrected chi connectivity index (χ2v) is 4.92. The number of benzene rings is 2. The second kappa shape index (κ2) is 6.19. The number of rotatable bonds is 4. The van der Waals surface area contributed by atoms with Crippen molar-refractivity contribution in [1.82, 2.24) is 0 Å². The van der Waals surface area contributed by atoms with Crippen molar-refractivity contribution in [3.8, 4) is 11.1 Å². The van der Waals surface area contributed by atoms with Gasteiger partial charge in [-0.1, -0.05) is 36.4 Å². The number of halogens is 3. The van der Waals surface area contributed by atoms with E-state index in [0.29, 0.717) is 16.7 Å². The molecule has 2 aromatic rings. The molecule has 0 saturated carbocycles. The predicted octanol–water partition coefficient (Wildman–Crippen LogP) is 3.33. The van der Waals surface area contributed by atoms with Gasteiger partial charge in [0.1, 0.15) is 6.04 Å². The van der Waals surface area contributed by atoms with Crippen molar-refractivity contribution in [2.24, 2.45) is 5.73 Å². The highest BCUT2D eigenvalue weighted by molar-refractivity contribution is 5.73. The van der Waals surface area contributed by atoms with E-state index in [2.05, 4.69) is 0 Å². The molecule has 6 heteroatoms. The van der Waals surface area contributed by atoms with Crippen molar-refractivity contribution >= 4 is 5.97 Å². The van der Waals surface area contributed by atoms with E-state index in [1.54, 1.807) is 24.3 Å². The van der Waals surface area contributed by atoms with Crippen molar-refractivity contribution in [2.45, 2.75) is 18.6 Å². The summed E-state index contributed by atoms with van der Waals surface area (Å²) in [6.07, 6.45) is -4.21. The molecule has 22 heavy (non-hydrogen) atoms. The Morgan fingerprint density at radius 3 is 2.27 bits per heavy atom. The quantitative estimate of drug-likeness (QED) is 0.910. The fraction of sp³-hybridized carbons (Fsp3) is 0.188. The molecule has 0 fully saturated rings. The van der Waals surface area contributed by atoms with E-state index in [-0.39, 0.29) is 6.42 Å². The van der Waals surface area contributed by atoms with Gasteiger partial charge >= 0.3 is 12.1 Å². The molecule has 0 amide bonds. The lowest BCUT2D eigenvalue weighted by Gasteiger charge is -2.10. The second-order valence-electron chi connectivity index (χ2n) is 4.92. The molecule has 0 aromatic heterocycles. The lowest BCUT2D eigenvalue weighted by Crippen LogP contribution is -2.32. The first-order valence-corrected chi connectivity index (χ1v) is 6.52. The summed E-state index contributed by atoms with van der Waals surface area (Å²) in [5.41, 5.74) is 6.82. The summed E-state index contributed by atoms with van der Waals surface area (Å²) in [5.74, 6) is -1.10. The van der Waals surface area contributed by atoms with Gasteiger partial charge in [-0.3, -0.25) is 4.79 Å². The van der Waals surface area contributed by atoms with Crippen molar-refractivity contribution in [1.29, 1.82) is 0 Å². The summed E-state index contributed by atoms with van der Waals surface area (Å²) < 4.78 is 37.6. The number of aliphatic carboxylic acids is 1. The van der Waals surface area contributed by atoms with Gasteiger partial charge in [0.15, 0.2) is 0 Å². The maximum atomic E-state index is 12.5. The number of alkyl halides is 3. The topological polar surface area (TPSA) is 63.3 Å². The smallest absolute Gasteiger partial charge is 0.416 e. The van der Waals surface area contributed by atoms with Gasteiger partial charge in [0.2, 0.25) is 0 Å². The third kappa shape index (κ3) is 3.85. The van der Waals surface area contributed by atoms with Crippen LogP contribution in [0, 0.1) is 0 Å². The highest BCUT2D eigenvalue weighted by Gasteiger charge is 2.29. The van der Waals surface area contributed by atoms with Gasteiger partial charge in [-0.15, -0.1) is 0 Å². The Morgan fingerprint density at radius 1 is 1.09 bits per heavy atom. The molecule has 2 aromatic carbocycles. The van der Waals surface area contributed by atoms with Gasteiger partial charge in [-0.25, -0.2) is 0 Å². The SMILES string of the molecule is NC(Cc1cccc(-c2ccc(C(F)(F)F)cc2)c1)C(=O)O. The Morgan fingerprint density at radius 2 is 1.73 bits per heavy atom. The molecule has 0 saturated heterocycles. The van der Waals surface area contributed by atoms with Crippen LogP contribution >= 0.6 is 0 Å². The zero-order valence-electron chi connectivity index (χ0n) is 11.5. The number of carboxylic acid groups (broad SMARTS) is 1.